The summed E-state index contributed by atoms with van der Waals surface area (Å²) in [6.45, 7) is 0.955. The van der Waals surface area contributed by atoms with Crippen LogP contribution in [-0.4, -0.2) is 24.0 Å². The van der Waals surface area contributed by atoms with E-state index >= 15 is 0 Å². The number of hydrogen-bond donors (Lipinski definition) is 2. The molecule has 2 aromatic rings. The molecule has 1 fully saturated rings. The lowest BCUT2D eigenvalue weighted by molar-refractivity contribution is -0.143. The second-order valence-electron chi connectivity index (χ2n) is 7.07. The van der Waals surface area contributed by atoms with Crippen LogP contribution in [0.3, 0.4) is 0 Å². The quantitative estimate of drug-likeness (QED) is 0.662. The number of rotatable bonds is 3. The van der Waals surface area contributed by atoms with E-state index in [1.807, 2.05) is 5.32 Å². The van der Waals surface area contributed by atoms with Gasteiger partial charge in [-0.05, 0) is 49.4 Å². The summed E-state index contributed by atoms with van der Waals surface area (Å²) in [6.07, 6.45) is -10.2. The van der Waals surface area contributed by atoms with Crippen LogP contribution in [0.5, 0.6) is 0 Å². The van der Waals surface area contributed by atoms with Crippen LogP contribution in [0.25, 0.3) is 0 Å². The molecular formula is C19H14F7N3O2. The maximum absolute atomic E-state index is 13.1. The summed E-state index contributed by atoms with van der Waals surface area (Å²) >= 11 is 0. The molecule has 3 rings (SSSR count). The van der Waals surface area contributed by atoms with Gasteiger partial charge in [0.05, 0.1) is 17.7 Å². The largest absolute Gasteiger partial charge is 0.416 e. The zero-order valence-electron chi connectivity index (χ0n) is 15.7. The van der Waals surface area contributed by atoms with Gasteiger partial charge in [0.15, 0.2) is 0 Å². The third-order valence-electron chi connectivity index (χ3n) is 4.59. The lowest BCUT2D eigenvalue weighted by Gasteiger charge is -2.23. The Morgan fingerprint density at radius 3 is 2.00 bits per heavy atom. The molecule has 12 heteroatoms. The fourth-order valence-corrected chi connectivity index (χ4v) is 2.99. The van der Waals surface area contributed by atoms with Crippen molar-refractivity contribution in [1.82, 2.24) is 5.32 Å². The Hall–Kier alpha value is -3.31. The van der Waals surface area contributed by atoms with Crippen molar-refractivity contribution in [3.05, 3.63) is 59.4 Å². The highest BCUT2D eigenvalue weighted by Crippen LogP contribution is 2.37. The molecule has 31 heavy (non-hydrogen) atoms. The highest BCUT2D eigenvalue weighted by molar-refractivity contribution is 6.07. The van der Waals surface area contributed by atoms with Crippen LogP contribution in [0.15, 0.2) is 42.5 Å². The maximum Gasteiger partial charge on any atom is 0.416 e. The molecule has 1 aliphatic rings. The minimum Gasteiger partial charge on any atom is -0.324 e. The monoisotopic (exact) mass is 449 g/mol. The van der Waals surface area contributed by atoms with Crippen molar-refractivity contribution in [3.8, 4) is 0 Å². The Bertz CT molecular complexity index is 986. The molecule has 0 bridgehead atoms. The lowest BCUT2D eigenvalue weighted by Crippen LogP contribution is -2.51. The Morgan fingerprint density at radius 1 is 1.00 bits per heavy atom. The molecule has 166 valence electrons. The molecule has 0 radical (unpaired) electrons. The van der Waals surface area contributed by atoms with E-state index < -0.39 is 52.5 Å². The minimum atomic E-state index is -5.08. The highest BCUT2D eigenvalue weighted by Gasteiger charge is 2.45. The summed E-state index contributed by atoms with van der Waals surface area (Å²) < 4.78 is 91.1. The molecule has 1 unspecified atom stereocenters. The summed E-state index contributed by atoms with van der Waals surface area (Å²) in [4.78, 5) is 26.0. The number of carbonyl (C=O) groups is 2. The van der Waals surface area contributed by atoms with Gasteiger partial charge in [-0.1, -0.05) is 0 Å². The van der Waals surface area contributed by atoms with Crippen molar-refractivity contribution in [3.63, 3.8) is 0 Å². The van der Waals surface area contributed by atoms with Gasteiger partial charge in [-0.25, -0.2) is 9.18 Å². The van der Waals surface area contributed by atoms with E-state index in [9.17, 15) is 40.3 Å². The average Bonchev–Trinajstić information content (AvgIpc) is 2.96. The van der Waals surface area contributed by atoms with Crippen molar-refractivity contribution >= 4 is 23.3 Å². The molecule has 2 N–H and O–H groups in total. The van der Waals surface area contributed by atoms with Gasteiger partial charge in [0.1, 0.15) is 11.4 Å². The van der Waals surface area contributed by atoms with Gasteiger partial charge in [-0.2, -0.15) is 26.3 Å². The SMILES string of the molecule is CC1(C(=O)Nc2cc(C(F)(F)F)cc(C(F)(F)F)c2)CN(c2ccc(F)cc2)C(=O)N1. The van der Waals surface area contributed by atoms with Gasteiger partial charge < -0.3 is 10.6 Å². The van der Waals surface area contributed by atoms with E-state index in [-0.39, 0.29) is 18.3 Å². The van der Waals surface area contributed by atoms with Crippen LogP contribution in [0.4, 0.5) is 46.9 Å². The van der Waals surface area contributed by atoms with Crippen LogP contribution in [0.2, 0.25) is 0 Å². The highest BCUT2D eigenvalue weighted by atomic mass is 19.4. The molecule has 1 heterocycles. The van der Waals surface area contributed by atoms with Crippen LogP contribution < -0.4 is 15.5 Å². The van der Waals surface area contributed by atoms with Crippen LogP contribution in [-0.2, 0) is 17.1 Å². The molecule has 1 saturated heterocycles. The first-order chi connectivity index (χ1) is 14.2. The smallest absolute Gasteiger partial charge is 0.324 e. The zero-order valence-corrected chi connectivity index (χ0v) is 15.7. The molecule has 3 amide bonds. The molecule has 2 aromatic carbocycles. The average molecular weight is 449 g/mol. The van der Waals surface area contributed by atoms with Crippen molar-refractivity contribution in [2.24, 2.45) is 0 Å². The normalized spacial score (nSPS) is 19.4. The molecule has 5 nitrogen and oxygen atoms in total. The topological polar surface area (TPSA) is 61.4 Å². The van der Waals surface area contributed by atoms with Gasteiger partial charge in [-0.3, -0.25) is 9.69 Å². The molecule has 1 atom stereocenters. The zero-order chi connectivity index (χ0) is 23.2. The fraction of sp³-hybridized carbons (Fsp3) is 0.263. The summed E-state index contributed by atoms with van der Waals surface area (Å²) in [7, 11) is 0. The predicted molar refractivity (Wildman–Crippen MR) is 95.8 cm³/mol. The van der Waals surface area contributed by atoms with Crippen molar-refractivity contribution in [1.29, 1.82) is 0 Å². The van der Waals surface area contributed by atoms with Crippen molar-refractivity contribution < 1.29 is 40.3 Å². The second kappa shape index (κ2) is 7.43. The van der Waals surface area contributed by atoms with E-state index in [2.05, 4.69) is 5.32 Å². The Kier molecular flexibility index (Phi) is 5.36. The summed E-state index contributed by atoms with van der Waals surface area (Å²) in [5.74, 6) is -1.59. The summed E-state index contributed by atoms with van der Waals surface area (Å²) in [6, 6.07) is 4.65. The summed E-state index contributed by atoms with van der Waals surface area (Å²) in [5.41, 5.74) is -5.35. The molecule has 0 aliphatic carbocycles. The third kappa shape index (κ3) is 4.72. The molecule has 1 aliphatic heterocycles. The second-order valence-corrected chi connectivity index (χ2v) is 7.07. The maximum atomic E-state index is 13.1. The fourth-order valence-electron chi connectivity index (χ4n) is 2.99. The van der Waals surface area contributed by atoms with Gasteiger partial charge in [0.2, 0.25) is 0 Å². The van der Waals surface area contributed by atoms with Gasteiger partial charge in [0, 0.05) is 11.4 Å². The first-order valence-corrected chi connectivity index (χ1v) is 8.65. The molecule has 0 aromatic heterocycles. The van der Waals surface area contributed by atoms with Crippen molar-refractivity contribution in [2.45, 2.75) is 24.8 Å². The van der Waals surface area contributed by atoms with Gasteiger partial charge in [0.25, 0.3) is 5.91 Å². The number of nitrogens with zero attached hydrogens (tertiary/aromatic N) is 1. The van der Waals surface area contributed by atoms with E-state index in [0.717, 1.165) is 17.0 Å². The number of urea groups is 1. The first kappa shape index (κ1) is 22.4. The number of nitrogens with one attached hydrogen (secondary N) is 2. The molecular weight excluding hydrogens is 435 g/mol. The molecule has 0 saturated carbocycles. The Labute approximate surface area is 170 Å². The number of anilines is 2. The lowest BCUT2D eigenvalue weighted by atomic mass is 10.0. The number of halogens is 7. The summed E-state index contributed by atoms with van der Waals surface area (Å²) in [5, 5.41) is 4.35. The van der Waals surface area contributed by atoms with Crippen LogP contribution in [0, 0.1) is 5.82 Å². The number of hydrogen-bond acceptors (Lipinski definition) is 2. The van der Waals surface area contributed by atoms with E-state index in [0.29, 0.717) is 12.1 Å². The Balaban J connectivity index is 1.87. The van der Waals surface area contributed by atoms with E-state index in [1.165, 1.54) is 19.1 Å². The van der Waals surface area contributed by atoms with Gasteiger partial charge in [-0.15, -0.1) is 0 Å². The van der Waals surface area contributed by atoms with Crippen molar-refractivity contribution in [2.75, 3.05) is 16.8 Å². The minimum absolute atomic E-state index is 0.0645. The predicted octanol–water partition coefficient (Wildman–Crippen LogP) is 4.79. The Morgan fingerprint density at radius 2 is 1.52 bits per heavy atom. The first-order valence-electron chi connectivity index (χ1n) is 8.65. The van der Waals surface area contributed by atoms with Crippen LogP contribution >= 0.6 is 0 Å². The number of carbonyl (C=O) groups excluding carboxylic acids is 2. The third-order valence-corrected chi connectivity index (χ3v) is 4.59. The van der Waals surface area contributed by atoms with E-state index in [4.69, 9.17) is 0 Å². The number of amides is 3. The number of alkyl halides is 6. The van der Waals surface area contributed by atoms with E-state index in [1.54, 1.807) is 0 Å². The molecule has 0 spiro atoms. The van der Waals surface area contributed by atoms with Gasteiger partial charge >= 0.3 is 18.4 Å². The number of benzene rings is 2. The van der Waals surface area contributed by atoms with Crippen LogP contribution in [0.1, 0.15) is 18.1 Å². The standard InChI is InChI=1S/C19H14F7N3O2/c1-17(9-29(16(31)28-17)14-4-2-12(20)3-5-14)15(30)27-13-7-10(18(21,22)23)6-11(8-13)19(24,25)26/h2-8H,9H2,1H3,(H,27,30)(H,28,31).